The maximum Gasteiger partial charge on any atom is 0.252 e. The summed E-state index contributed by atoms with van der Waals surface area (Å²) in [5.41, 5.74) is 0.497. The van der Waals surface area contributed by atoms with Gasteiger partial charge in [0.2, 0.25) is 0 Å². The number of hydrogen-bond acceptors (Lipinski definition) is 2. The molecule has 0 aliphatic carbocycles. The van der Waals surface area contributed by atoms with Crippen LogP contribution in [0.4, 0.5) is 0 Å². The standard InChI is InChI=1S/C15H23ClN2O/c1-12(2)7-5-3-4-6-9-18-15(19)13-8-10-17-11-14(13)16/h8,10-12H,3-7,9H2,1-2H3,(H,18,19). The highest BCUT2D eigenvalue weighted by Gasteiger charge is 2.08. The van der Waals surface area contributed by atoms with E-state index < -0.39 is 0 Å². The van der Waals surface area contributed by atoms with Crippen LogP contribution in [0.3, 0.4) is 0 Å². The largest absolute Gasteiger partial charge is 0.352 e. The van der Waals surface area contributed by atoms with Crippen LogP contribution in [0.2, 0.25) is 5.02 Å². The Balaban J connectivity index is 2.13. The third-order valence-corrected chi connectivity index (χ3v) is 3.31. The second-order valence-corrected chi connectivity index (χ2v) is 5.62. The molecule has 19 heavy (non-hydrogen) atoms. The molecule has 0 aromatic carbocycles. The van der Waals surface area contributed by atoms with E-state index in [1.54, 1.807) is 12.3 Å². The van der Waals surface area contributed by atoms with Crippen molar-refractivity contribution >= 4 is 17.5 Å². The van der Waals surface area contributed by atoms with Crippen LogP contribution in [0.15, 0.2) is 18.5 Å². The van der Waals surface area contributed by atoms with E-state index in [2.05, 4.69) is 24.1 Å². The third kappa shape index (κ3) is 6.58. The van der Waals surface area contributed by atoms with Gasteiger partial charge in [0.15, 0.2) is 0 Å². The van der Waals surface area contributed by atoms with Gasteiger partial charge in [0.05, 0.1) is 10.6 Å². The molecule has 0 saturated carbocycles. The summed E-state index contributed by atoms with van der Waals surface area (Å²) in [6.07, 6.45) is 9.06. The van der Waals surface area contributed by atoms with Gasteiger partial charge in [-0.05, 0) is 18.4 Å². The number of aromatic nitrogens is 1. The van der Waals surface area contributed by atoms with Gasteiger partial charge in [-0.1, -0.05) is 51.1 Å². The lowest BCUT2D eigenvalue weighted by molar-refractivity contribution is 0.0953. The first-order valence-corrected chi connectivity index (χ1v) is 7.36. The minimum Gasteiger partial charge on any atom is -0.352 e. The number of halogens is 1. The molecule has 0 atom stereocenters. The van der Waals surface area contributed by atoms with Crippen LogP contribution >= 0.6 is 11.6 Å². The number of hydrogen-bond donors (Lipinski definition) is 1. The van der Waals surface area contributed by atoms with Crippen molar-refractivity contribution in [1.82, 2.24) is 10.3 Å². The second-order valence-electron chi connectivity index (χ2n) is 5.21. The summed E-state index contributed by atoms with van der Waals surface area (Å²) < 4.78 is 0. The Hall–Kier alpha value is -1.09. The Morgan fingerprint density at radius 1 is 1.32 bits per heavy atom. The van der Waals surface area contributed by atoms with Crippen LogP contribution in [-0.2, 0) is 0 Å². The zero-order valence-corrected chi connectivity index (χ0v) is 12.5. The summed E-state index contributed by atoms with van der Waals surface area (Å²) >= 11 is 5.91. The number of nitrogens with one attached hydrogen (secondary N) is 1. The molecule has 0 aliphatic rings. The quantitative estimate of drug-likeness (QED) is 0.730. The molecule has 0 bridgehead atoms. The molecule has 0 radical (unpaired) electrons. The van der Waals surface area contributed by atoms with Crippen molar-refractivity contribution in [2.45, 2.75) is 46.0 Å². The molecule has 0 saturated heterocycles. The van der Waals surface area contributed by atoms with Gasteiger partial charge in [0.1, 0.15) is 0 Å². The molecule has 0 spiro atoms. The number of rotatable bonds is 8. The number of pyridine rings is 1. The van der Waals surface area contributed by atoms with Gasteiger partial charge in [0, 0.05) is 18.9 Å². The van der Waals surface area contributed by atoms with Crippen LogP contribution in [-0.4, -0.2) is 17.4 Å². The molecule has 1 aromatic heterocycles. The van der Waals surface area contributed by atoms with Crippen molar-refractivity contribution in [2.75, 3.05) is 6.54 Å². The van der Waals surface area contributed by atoms with E-state index in [0.717, 1.165) is 18.8 Å². The Kier molecular flexibility index (Phi) is 7.49. The first-order chi connectivity index (χ1) is 9.11. The van der Waals surface area contributed by atoms with E-state index in [-0.39, 0.29) is 5.91 Å². The first kappa shape index (κ1) is 16.0. The molecule has 1 N–H and O–H groups in total. The summed E-state index contributed by atoms with van der Waals surface area (Å²) in [5.74, 6) is 0.670. The van der Waals surface area contributed by atoms with E-state index in [0.29, 0.717) is 17.1 Å². The maximum absolute atomic E-state index is 11.8. The van der Waals surface area contributed by atoms with Crippen LogP contribution in [0.25, 0.3) is 0 Å². The monoisotopic (exact) mass is 282 g/mol. The predicted molar refractivity (Wildman–Crippen MR) is 79.5 cm³/mol. The van der Waals surface area contributed by atoms with Crippen LogP contribution < -0.4 is 5.32 Å². The highest BCUT2D eigenvalue weighted by Crippen LogP contribution is 2.13. The van der Waals surface area contributed by atoms with Crippen LogP contribution in [0.5, 0.6) is 0 Å². The van der Waals surface area contributed by atoms with Crippen LogP contribution in [0, 0.1) is 5.92 Å². The number of unbranched alkanes of at least 4 members (excludes halogenated alkanes) is 3. The molecule has 3 nitrogen and oxygen atoms in total. The average Bonchev–Trinajstić information content (AvgIpc) is 2.37. The summed E-state index contributed by atoms with van der Waals surface area (Å²) in [4.78, 5) is 15.7. The average molecular weight is 283 g/mol. The van der Waals surface area contributed by atoms with Crippen molar-refractivity contribution < 1.29 is 4.79 Å². The molecule has 0 fully saturated rings. The predicted octanol–water partition coefficient (Wildman–Crippen LogP) is 4.07. The minimum absolute atomic E-state index is 0.116. The molecule has 1 rings (SSSR count). The van der Waals surface area contributed by atoms with Crippen molar-refractivity contribution in [3.05, 3.63) is 29.0 Å². The fourth-order valence-corrected chi connectivity index (χ4v) is 2.09. The molecule has 0 unspecified atom stereocenters. The van der Waals surface area contributed by atoms with E-state index >= 15 is 0 Å². The number of nitrogens with zero attached hydrogens (tertiary/aromatic N) is 1. The van der Waals surface area contributed by atoms with Gasteiger partial charge in [-0.15, -0.1) is 0 Å². The van der Waals surface area contributed by atoms with E-state index in [4.69, 9.17) is 11.6 Å². The maximum atomic E-state index is 11.8. The van der Waals surface area contributed by atoms with Crippen molar-refractivity contribution in [3.8, 4) is 0 Å². The molecule has 1 aromatic rings. The SMILES string of the molecule is CC(C)CCCCCCNC(=O)c1ccncc1Cl. The fraction of sp³-hybridized carbons (Fsp3) is 0.600. The Bertz CT molecular complexity index is 393. The molecule has 1 heterocycles. The van der Waals surface area contributed by atoms with Gasteiger partial charge >= 0.3 is 0 Å². The Labute approximate surface area is 120 Å². The summed E-state index contributed by atoms with van der Waals surface area (Å²) in [5, 5.41) is 3.29. The molecule has 0 aliphatic heterocycles. The normalized spacial score (nSPS) is 10.7. The zero-order chi connectivity index (χ0) is 14.1. The summed E-state index contributed by atoms with van der Waals surface area (Å²) in [7, 11) is 0. The van der Waals surface area contributed by atoms with Crippen molar-refractivity contribution in [3.63, 3.8) is 0 Å². The Morgan fingerprint density at radius 3 is 2.74 bits per heavy atom. The molecule has 1 amide bonds. The molecular formula is C15H23ClN2O. The number of carbonyl (C=O) groups excluding carboxylic acids is 1. The van der Waals surface area contributed by atoms with Gasteiger partial charge < -0.3 is 5.32 Å². The van der Waals surface area contributed by atoms with Crippen molar-refractivity contribution in [2.24, 2.45) is 5.92 Å². The summed E-state index contributed by atoms with van der Waals surface area (Å²) in [6, 6.07) is 1.64. The number of carbonyl (C=O) groups is 1. The first-order valence-electron chi connectivity index (χ1n) is 6.99. The minimum atomic E-state index is -0.116. The Morgan fingerprint density at radius 2 is 2.05 bits per heavy atom. The highest BCUT2D eigenvalue weighted by atomic mass is 35.5. The second kappa shape index (κ2) is 8.92. The topological polar surface area (TPSA) is 42.0 Å². The zero-order valence-electron chi connectivity index (χ0n) is 11.8. The highest BCUT2D eigenvalue weighted by molar-refractivity contribution is 6.33. The van der Waals surface area contributed by atoms with E-state index in [9.17, 15) is 4.79 Å². The lowest BCUT2D eigenvalue weighted by Gasteiger charge is -2.07. The molecule has 106 valence electrons. The van der Waals surface area contributed by atoms with Gasteiger partial charge in [-0.3, -0.25) is 9.78 Å². The van der Waals surface area contributed by atoms with Gasteiger partial charge in [-0.2, -0.15) is 0 Å². The van der Waals surface area contributed by atoms with Gasteiger partial charge in [-0.25, -0.2) is 0 Å². The third-order valence-electron chi connectivity index (χ3n) is 3.01. The van der Waals surface area contributed by atoms with Gasteiger partial charge in [0.25, 0.3) is 5.91 Å². The summed E-state index contributed by atoms with van der Waals surface area (Å²) in [6.45, 7) is 5.20. The van der Waals surface area contributed by atoms with Crippen LogP contribution in [0.1, 0.15) is 56.3 Å². The lowest BCUT2D eigenvalue weighted by Crippen LogP contribution is -2.24. The smallest absolute Gasteiger partial charge is 0.252 e. The lowest BCUT2D eigenvalue weighted by atomic mass is 10.0. The van der Waals surface area contributed by atoms with E-state index in [1.807, 2.05) is 0 Å². The van der Waals surface area contributed by atoms with Crippen molar-refractivity contribution in [1.29, 1.82) is 0 Å². The van der Waals surface area contributed by atoms with E-state index in [1.165, 1.54) is 25.5 Å². The molecular weight excluding hydrogens is 260 g/mol. The fourth-order valence-electron chi connectivity index (χ4n) is 1.89. The number of amides is 1. The molecule has 4 heteroatoms.